The number of aliphatic hydroxyl groups excluding tert-OH is 1. The van der Waals surface area contributed by atoms with Crippen LogP contribution < -0.4 is 5.32 Å². The lowest BCUT2D eigenvalue weighted by atomic mass is 10.2. The second-order valence-electron chi connectivity index (χ2n) is 2.44. The molecular formula is C8H11BrN2O. The molecular weight excluding hydrogens is 220 g/mol. The first-order chi connectivity index (χ1) is 5.75. The van der Waals surface area contributed by atoms with Gasteiger partial charge in [-0.25, -0.2) is 0 Å². The van der Waals surface area contributed by atoms with E-state index in [1.807, 2.05) is 12.1 Å². The summed E-state index contributed by atoms with van der Waals surface area (Å²) in [6.45, 7) is 0.510. The molecule has 1 atom stereocenters. The summed E-state index contributed by atoms with van der Waals surface area (Å²) in [6.07, 6.45) is 1.12. The molecule has 1 rings (SSSR count). The van der Waals surface area contributed by atoms with Gasteiger partial charge in [0.25, 0.3) is 0 Å². The van der Waals surface area contributed by atoms with Crippen molar-refractivity contribution in [3.8, 4) is 0 Å². The van der Waals surface area contributed by atoms with Gasteiger partial charge in [-0.2, -0.15) is 0 Å². The monoisotopic (exact) mass is 230 g/mol. The van der Waals surface area contributed by atoms with Gasteiger partial charge in [-0.05, 0) is 35.1 Å². The number of likely N-dealkylation sites (N-methyl/N-ethyl adjacent to an activating group) is 1. The minimum atomic E-state index is -0.550. The van der Waals surface area contributed by atoms with Crippen molar-refractivity contribution >= 4 is 15.9 Å². The number of aliphatic hydroxyl groups is 1. The number of nitrogens with zero attached hydrogens (tertiary/aromatic N) is 1. The van der Waals surface area contributed by atoms with Crippen LogP contribution >= 0.6 is 15.9 Å². The zero-order valence-electron chi connectivity index (χ0n) is 6.79. The van der Waals surface area contributed by atoms with Crippen molar-refractivity contribution in [2.45, 2.75) is 6.10 Å². The van der Waals surface area contributed by atoms with Crippen molar-refractivity contribution in [2.24, 2.45) is 0 Å². The summed E-state index contributed by atoms with van der Waals surface area (Å²) in [5.41, 5.74) is 0.673. The highest BCUT2D eigenvalue weighted by atomic mass is 79.9. The first-order valence-electron chi connectivity index (χ1n) is 3.68. The molecule has 0 radical (unpaired) electrons. The number of nitrogens with one attached hydrogen (secondary N) is 1. The Bertz CT molecular complexity index is 255. The topological polar surface area (TPSA) is 45.1 Å². The Morgan fingerprint density at radius 2 is 2.50 bits per heavy atom. The third-order valence-corrected chi connectivity index (χ3v) is 2.17. The molecule has 1 aromatic rings. The molecule has 0 spiro atoms. The predicted octanol–water partition coefficient (Wildman–Crippen LogP) is 1.10. The van der Waals surface area contributed by atoms with Crippen LogP contribution in [0.5, 0.6) is 0 Å². The van der Waals surface area contributed by atoms with Gasteiger partial charge in [0.1, 0.15) is 6.10 Å². The molecule has 0 saturated carbocycles. The maximum Gasteiger partial charge on any atom is 0.109 e. The van der Waals surface area contributed by atoms with Crippen LogP contribution in [0.25, 0.3) is 0 Å². The second kappa shape index (κ2) is 4.54. The average Bonchev–Trinajstić information content (AvgIpc) is 2.05. The largest absolute Gasteiger partial charge is 0.385 e. The Hall–Kier alpha value is -0.450. The van der Waals surface area contributed by atoms with Gasteiger partial charge in [0, 0.05) is 17.2 Å². The molecule has 1 aromatic heterocycles. The lowest BCUT2D eigenvalue weighted by Crippen LogP contribution is -2.17. The van der Waals surface area contributed by atoms with Crippen molar-refractivity contribution in [1.82, 2.24) is 10.3 Å². The van der Waals surface area contributed by atoms with Crippen LogP contribution in [0.15, 0.2) is 22.8 Å². The smallest absolute Gasteiger partial charge is 0.109 e. The molecule has 0 aliphatic carbocycles. The molecule has 66 valence electrons. The SMILES string of the molecule is CNCC(O)c1ncccc1Br. The first-order valence-corrected chi connectivity index (χ1v) is 4.48. The van der Waals surface area contributed by atoms with Crippen molar-refractivity contribution < 1.29 is 5.11 Å². The maximum absolute atomic E-state index is 9.55. The fourth-order valence-electron chi connectivity index (χ4n) is 0.933. The van der Waals surface area contributed by atoms with E-state index in [-0.39, 0.29) is 0 Å². The fourth-order valence-corrected chi connectivity index (χ4v) is 1.45. The standard InChI is InChI=1S/C8H11BrN2O/c1-10-5-7(12)8-6(9)3-2-4-11-8/h2-4,7,10,12H,5H2,1H3. The van der Waals surface area contributed by atoms with Gasteiger partial charge < -0.3 is 10.4 Å². The highest BCUT2D eigenvalue weighted by Gasteiger charge is 2.10. The lowest BCUT2D eigenvalue weighted by Gasteiger charge is -2.10. The molecule has 0 aliphatic rings. The van der Waals surface area contributed by atoms with Crippen molar-refractivity contribution in [3.05, 3.63) is 28.5 Å². The Balaban J connectivity index is 2.79. The van der Waals surface area contributed by atoms with Crippen LogP contribution in [-0.4, -0.2) is 23.7 Å². The van der Waals surface area contributed by atoms with E-state index in [4.69, 9.17) is 0 Å². The zero-order valence-corrected chi connectivity index (χ0v) is 8.37. The molecule has 0 aliphatic heterocycles. The van der Waals surface area contributed by atoms with E-state index in [0.717, 1.165) is 4.47 Å². The van der Waals surface area contributed by atoms with Crippen LogP contribution in [0.4, 0.5) is 0 Å². The molecule has 0 saturated heterocycles. The average molecular weight is 231 g/mol. The molecule has 0 aromatic carbocycles. The van der Waals surface area contributed by atoms with Gasteiger partial charge in [0.05, 0.1) is 5.69 Å². The van der Waals surface area contributed by atoms with E-state index in [9.17, 15) is 5.11 Å². The molecule has 1 heterocycles. The van der Waals surface area contributed by atoms with Gasteiger partial charge >= 0.3 is 0 Å². The number of halogens is 1. The summed E-state index contributed by atoms with van der Waals surface area (Å²) >= 11 is 3.32. The molecule has 4 heteroatoms. The van der Waals surface area contributed by atoms with Gasteiger partial charge in [-0.1, -0.05) is 0 Å². The third kappa shape index (κ3) is 2.27. The summed E-state index contributed by atoms with van der Waals surface area (Å²) in [5, 5.41) is 12.4. The Kier molecular flexibility index (Phi) is 3.65. The molecule has 0 fully saturated rings. The molecule has 0 bridgehead atoms. The van der Waals surface area contributed by atoms with E-state index in [1.54, 1.807) is 13.2 Å². The Labute approximate surface area is 80.0 Å². The van der Waals surface area contributed by atoms with E-state index in [2.05, 4.69) is 26.2 Å². The maximum atomic E-state index is 9.55. The van der Waals surface area contributed by atoms with Gasteiger partial charge in [0.15, 0.2) is 0 Å². The summed E-state index contributed by atoms with van der Waals surface area (Å²) in [6, 6.07) is 3.68. The molecule has 2 N–H and O–H groups in total. The molecule has 1 unspecified atom stereocenters. The minimum Gasteiger partial charge on any atom is -0.385 e. The number of aromatic nitrogens is 1. The Morgan fingerprint density at radius 1 is 1.75 bits per heavy atom. The van der Waals surface area contributed by atoms with Crippen LogP contribution in [-0.2, 0) is 0 Å². The van der Waals surface area contributed by atoms with Gasteiger partial charge in [0.2, 0.25) is 0 Å². The fraction of sp³-hybridized carbons (Fsp3) is 0.375. The van der Waals surface area contributed by atoms with E-state index in [1.165, 1.54) is 0 Å². The van der Waals surface area contributed by atoms with Crippen molar-refractivity contribution in [1.29, 1.82) is 0 Å². The second-order valence-corrected chi connectivity index (χ2v) is 3.30. The highest BCUT2D eigenvalue weighted by Crippen LogP contribution is 2.19. The van der Waals surface area contributed by atoms with Crippen LogP contribution in [0.2, 0.25) is 0 Å². The quantitative estimate of drug-likeness (QED) is 0.818. The van der Waals surface area contributed by atoms with Crippen LogP contribution in [0.3, 0.4) is 0 Å². The van der Waals surface area contributed by atoms with Crippen LogP contribution in [0.1, 0.15) is 11.8 Å². The van der Waals surface area contributed by atoms with E-state index >= 15 is 0 Å². The normalized spacial score (nSPS) is 12.9. The van der Waals surface area contributed by atoms with Crippen LogP contribution in [0, 0.1) is 0 Å². The zero-order chi connectivity index (χ0) is 8.97. The van der Waals surface area contributed by atoms with Crippen molar-refractivity contribution in [3.63, 3.8) is 0 Å². The summed E-state index contributed by atoms with van der Waals surface area (Å²) < 4.78 is 0.841. The first kappa shape index (κ1) is 9.64. The van der Waals surface area contributed by atoms with E-state index < -0.39 is 6.10 Å². The van der Waals surface area contributed by atoms with Gasteiger partial charge in [-0.15, -0.1) is 0 Å². The van der Waals surface area contributed by atoms with E-state index in [0.29, 0.717) is 12.2 Å². The summed E-state index contributed by atoms with van der Waals surface area (Å²) in [4.78, 5) is 4.06. The number of hydrogen-bond donors (Lipinski definition) is 2. The number of pyridine rings is 1. The molecule has 3 nitrogen and oxygen atoms in total. The summed E-state index contributed by atoms with van der Waals surface area (Å²) in [5.74, 6) is 0. The highest BCUT2D eigenvalue weighted by molar-refractivity contribution is 9.10. The number of hydrogen-bond acceptors (Lipinski definition) is 3. The number of rotatable bonds is 3. The van der Waals surface area contributed by atoms with Gasteiger partial charge in [-0.3, -0.25) is 4.98 Å². The van der Waals surface area contributed by atoms with Crippen molar-refractivity contribution in [2.75, 3.05) is 13.6 Å². The molecule has 12 heavy (non-hydrogen) atoms. The predicted molar refractivity (Wildman–Crippen MR) is 50.8 cm³/mol. The Morgan fingerprint density at radius 3 is 3.08 bits per heavy atom. The lowest BCUT2D eigenvalue weighted by molar-refractivity contribution is 0.172. The third-order valence-electron chi connectivity index (χ3n) is 1.50. The minimum absolute atomic E-state index is 0.510. The molecule has 0 amide bonds. The summed E-state index contributed by atoms with van der Waals surface area (Å²) in [7, 11) is 1.79.